The standard InChI is InChI=1S/C20H18N2O3S/c1-12-22-15(11-26-12)10-25-19-7-14-9-21-20(23)18(14)8-17(19)13-3-5-16(24-2)6-4-13/h3-8,11H,9-10H2,1-2H3,(H,21,23). The summed E-state index contributed by atoms with van der Waals surface area (Å²) in [5, 5.41) is 5.88. The minimum atomic E-state index is -0.0450. The Morgan fingerprint density at radius 2 is 2.00 bits per heavy atom. The van der Waals surface area contributed by atoms with Gasteiger partial charge in [0.1, 0.15) is 18.1 Å². The summed E-state index contributed by atoms with van der Waals surface area (Å²) in [4.78, 5) is 16.5. The van der Waals surface area contributed by atoms with Crippen LogP contribution < -0.4 is 14.8 Å². The van der Waals surface area contributed by atoms with Crippen molar-refractivity contribution >= 4 is 17.2 Å². The van der Waals surface area contributed by atoms with E-state index >= 15 is 0 Å². The fourth-order valence-electron chi connectivity index (χ4n) is 2.99. The average Bonchev–Trinajstić information content (AvgIpc) is 3.25. The first-order valence-corrected chi connectivity index (χ1v) is 9.15. The predicted molar refractivity (Wildman–Crippen MR) is 101 cm³/mol. The molecule has 2 heterocycles. The van der Waals surface area contributed by atoms with E-state index in [0.29, 0.717) is 18.7 Å². The summed E-state index contributed by atoms with van der Waals surface area (Å²) in [6, 6.07) is 11.6. The lowest BCUT2D eigenvalue weighted by Gasteiger charge is -2.13. The molecule has 3 aromatic rings. The summed E-state index contributed by atoms with van der Waals surface area (Å²) in [5.74, 6) is 1.49. The minimum absolute atomic E-state index is 0.0450. The lowest BCUT2D eigenvalue weighted by atomic mass is 9.99. The van der Waals surface area contributed by atoms with Gasteiger partial charge in [0.2, 0.25) is 0 Å². The molecule has 5 nitrogen and oxygen atoms in total. The number of hydrogen-bond acceptors (Lipinski definition) is 5. The van der Waals surface area contributed by atoms with E-state index in [0.717, 1.165) is 38.9 Å². The molecule has 0 spiro atoms. The molecule has 6 heteroatoms. The second kappa shape index (κ2) is 6.80. The van der Waals surface area contributed by atoms with Crippen LogP contribution >= 0.6 is 11.3 Å². The first-order valence-electron chi connectivity index (χ1n) is 8.27. The maximum atomic E-state index is 12.1. The number of aryl methyl sites for hydroxylation is 1. The summed E-state index contributed by atoms with van der Waals surface area (Å²) in [5.41, 5.74) is 4.42. The second-order valence-corrected chi connectivity index (χ2v) is 7.13. The van der Waals surface area contributed by atoms with Gasteiger partial charge in [0, 0.05) is 23.1 Å². The smallest absolute Gasteiger partial charge is 0.251 e. The summed E-state index contributed by atoms with van der Waals surface area (Å²) in [6.07, 6.45) is 0. The number of carbonyl (C=O) groups excluding carboxylic acids is 1. The summed E-state index contributed by atoms with van der Waals surface area (Å²) in [7, 11) is 1.64. The zero-order valence-corrected chi connectivity index (χ0v) is 15.4. The van der Waals surface area contributed by atoms with Gasteiger partial charge in [0.25, 0.3) is 5.91 Å². The van der Waals surface area contributed by atoms with Crippen molar-refractivity contribution in [3.63, 3.8) is 0 Å². The van der Waals surface area contributed by atoms with Gasteiger partial charge in [-0.3, -0.25) is 4.79 Å². The van der Waals surface area contributed by atoms with E-state index in [-0.39, 0.29) is 5.91 Å². The molecule has 2 aromatic carbocycles. The summed E-state index contributed by atoms with van der Waals surface area (Å²) in [6.45, 7) is 2.90. The number of benzene rings is 2. The van der Waals surface area contributed by atoms with Gasteiger partial charge < -0.3 is 14.8 Å². The number of thiazole rings is 1. The Balaban J connectivity index is 1.71. The molecule has 132 valence electrons. The van der Waals surface area contributed by atoms with Crippen molar-refractivity contribution in [2.24, 2.45) is 0 Å². The molecule has 0 saturated carbocycles. The highest BCUT2D eigenvalue weighted by molar-refractivity contribution is 7.09. The van der Waals surface area contributed by atoms with Crippen LogP contribution in [-0.2, 0) is 13.2 Å². The Hall–Kier alpha value is -2.86. The quantitative estimate of drug-likeness (QED) is 0.743. The molecule has 0 saturated heterocycles. The van der Waals surface area contributed by atoms with Crippen molar-refractivity contribution in [2.75, 3.05) is 7.11 Å². The zero-order valence-electron chi connectivity index (χ0n) is 14.5. The number of ether oxygens (including phenoxy) is 2. The van der Waals surface area contributed by atoms with Crippen molar-refractivity contribution in [1.29, 1.82) is 0 Å². The van der Waals surface area contributed by atoms with Crippen molar-refractivity contribution in [3.8, 4) is 22.6 Å². The van der Waals surface area contributed by atoms with Crippen LogP contribution in [-0.4, -0.2) is 18.0 Å². The maximum absolute atomic E-state index is 12.1. The number of methoxy groups -OCH3 is 1. The molecule has 0 aliphatic carbocycles. The zero-order chi connectivity index (χ0) is 18.1. The largest absolute Gasteiger partial charge is 0.497 e. The molecule has 1 N–H and O–H groups in total. The van der Waals surface area contributed by atoms with E-state index in [1.165, 1.54) is 0 Å². The number of rotatable bonds is 5. The van der Waals surface area contributed by atoms with E-state index in [2.05, 4.69) is 10.3 Å². The first kappa shape index (κ1) is 16.6. The third-order valence-corrected chi connectivity index (χ3v) is 5.15. The monoisotopic (exact) mass is 366 g/mol. The third kappa shape index (κ3) is 3.15. The highest BCUT2D eigenvalue weighted by Gasteiger charge is 2.22. The fourth-order valence-corrected chi connectivity index (χ4v) is 3.59. The normalized spacial score (nSPS) is 12.6. The average molecular weight is 366 g/mol. The molecule has 0 bridgehead atoms. The van der Waals surface area contributed by atoms with Gasteiger partial charge in [0.15, 0.2) is 0 Å². The maximum Gasteiger partial charge on any atom is 0.251 e. The van der Waals surface area contributed by atoms with E-state index in [1.54, 1.807) is 18.4 Å². The Bertz CT molecular complexity index is 964. The van der Waals surface area contributed by atoms with Crippen LogP contribution in [0.3, 0.4) is 0 Å². The Labute approximate surface area is 155 Å². The lowest BCUT2D eigenvalue weighted by Crippen LogP contribution is -2.12. The van der Waals surface area contributed by atoms with Gasteiger partial charge in [-0.05, 0) is 42.3 Å². The van der Waals surface area contributed by atoms with Gasteiger partial charge in [0.05, 0.1) is 17.8 Å². The first-order chi connectivity index (χ1) is 12.6. The number of carbonyl (C=O) groups is 1. The molecule has 4 rings (SSSR count). The van der Waals surface area contributed by atoms with Crippen molar-refractivity contribution < 1.29 is 14.3 Å². The number of hydrogen-bond donors (Lipinski definition) is 1. The number of fused-ring (bicyclic) bond motifs is 1. The van der Waals surface area contributed by atoms with Crippen LogP contribution in [0.25, 0.3) is 11.1 Å². The highest BCUT2D eigenvalue weighted by Crippen LogP contribution is 2.36. The Morgan fingerprint density at radius 3 is 2.69 bits per heavy atom. The van der Waals surface area contributed by atoms with Gasteiger partial charge in [-0.15, -0.1) is 11.3 Å². The van der Waals surface area contributed by atoms with Crippen molar-refractivity contribution in [3.05, 3.63) is 63.6 Å². The van der Waals surface area contributed by atoms with Crippen LogP contribution in [0, 0.1) is 6.92 Å². The molecule has 26 heavy (non-hydrogen) atoms. The molecular weight excluding hydrogens is 348 g/mol. The molecule has 0 atom stereocenters. The van der Waals surface area contributed by atoms with E-state index in [1.807, 2.05) is 48.7 Å². The van der Waals surface area contributed by atoms with Gasteiger partial charge in [-0.25, -0.2) is 4.98 Å². The molecule has 1 aliphatic heterocycles. The molecule has 0 fully saturated rings. The molecule has 0 unspecified atom stereocenters. The Morgan fingerprint density at radius 1 is 1.19 bits per heavy atom. The van der Waals surface area contributed by atoms with E-state index < -0.39 is 0 Å². The number of amides is 1. The topological polar surface area (TPSA) is 60.5 Å². The summed E-state index contributed by atoms with van der Waals surface area (Å²) >= 11 is 1.60. The minimum Gasteiger partial charge on any atom is -0.497 e. The molecule has 1 aromatic heterocycles. The van der Waals surface area contributed by atoms with Crippen LogP contribution in [0.5, 0.6) is 11.5 Å². The number of nitrogens with one attached hydrogen (secondary N) is 1. The number of nitrogens with zero attached hydrogens (tertiary/aromatic N) is 1. The van der Waals surface area contributed by atoms with Crippen LogP contribution in [0.1, 0.15) is 26.6 Å². The Kier molecular flexibility index (Phi) is 4.34. The molecule has 1 aliphatic rings. The molecule has 1 amide bonds. The van der Waals surface area contributed by atoms with Gasteiger partial charge >= 0.3 is 0 Å². The third-order valence-electron chi connectivity index (χ3n) is 4.33. The van der Waals surface area contributed by atoms with E-state index in [4.69, 9.17) is 9.47 Å². The number of aromatic nitrogens is 1. The molecular formula is C20H18N2O3S. The van der Waals surface area contributed by atoms with E-state index in [9.17, 15) is 4.79 Å². The van der Waals surface area contributed by atoms with Crippen LogP contribution in [0.15, 0.2) is 41.8 Å². The van der Waals surface area contributed by atoms with Crippen LogP contribution in [0.4, 0.5) is 0 Å². The SMILES string of the molecule is COc1ccc(-c2cc3c(cc2OCc2csc(C)n2)CNC3=O)cc1. The summed E-state index contributed by atoms with van der Waals surface area (Å²) < 4.78 is 11.3. The highest BCUT2D eigenvalue weighted by atomic mass is 32.1. The molecule has 0 radical (unpaired) electrons. The van der Waals surface area contributed by atoms with Gasteiger partial charge in [-0.1, -0.05) is 12.1 Å². The van der Waals surface area contributed by atoms with Gasteiger partial charge in [-0.2, -0.15) is 0 Å². The van der Waals surface area contributed by atoms with Crippen molar-refractivity contribution in [2.45, 2.75) is 20.1 Å². The lowest BCUT2D eigenvalue weighted by molar-refractivity contribution is 0.0966. The fraction of sp³-hybridized carbons (Fsp3) is 0.200. The second-order valence-electron chi connectivity index (χ2n) is 6.06. The van der Waals surface area contributed by atoms with Crippen molar-refractivity contribution in [1.82, 2.24) is 10.3 Å². The predicted octanol–water partition coefficient (Wildman–Crippen LogP) is 3.95. The van der Waals surface area contributed by atoms with Crippen LogP contribution in [0.2, 0.25) is 0 Å².